The van der Waals surface area contributed by atoms with E-state index in [2.05, 4.69) is 52.9 Å². The zero-order chi connectivity index (χ0) is 43.8. The second-order valence-electron chi connectivity index (χ2n) is 13.5. The number of benzene rings is 4. The third kappa shape index (κ3) is 9.56. The number of nitrogens with one attached hydrogen (secondary N) is 3. The largest absolute Gasteiger partial charge is 0.355 e. The first-order chi connectivity index (χ1) is 28.7. The topological polar surface area (TPSA) is 119 Å². The molecule has 0 aromatic heterocycles. The Morgan fingerprint density at radius 3 is 1.77 bits per heavy atom. The van der Waals surface area contributed by atoms with Gasteiger partial charge in [0.25, 0.3) is 17.7 Å². The van der Waals surface area contributed by atoms with Crippen molar-refractivity contribution < 1.29 is 31.9 Å². The van der Waals surface area contributed by atoms with Gasteiger partial charge in [0.2, 0.25) is 0 Å². The van der Waals surface area contributed by atoms with Crippen LogP contribution in [0.5, 0.6) is 0 Å². The fraction of sp³-hybridized carbons (Fsp3) is 0.256. The van der Waals surface area contributed by atoms with Gasteiger partial charge in [0, 0.05) is 38.3 Å². The van der Waals surface area contributed by atoms with Gasteiger partial charge in [-0.15, -0.1) is 0 Å². The molecule has 3 aliphatic rings. The Hall–Kier alpha value is -7.03. The van der Waals surface area contributed by atoms with E-state index in [0.29, 0.717) is 24.2 Å². The van der Waals surface area contributed by atoms with Crippen LogP contribution in [0.2, 0.25) is 0 Å². The molecule has 312 valence electrons. The number of isothiocyanates is 1. The van der Waals surface area contributed by atoms with Gasteiger partial charge in [-0.2, -0.15) is 4.99 Å². The molecule has 4 aromatic rings. The van der Waals surface area contributed by atoms with Crippen LogP contribution in [0.4, 0.5) is 51.7 Å². The van der Waals surface area contributed by atoms with Gasteiger partial charge in [-0.1, -0.05) is 19.6 Å². The fourth-order valence-electron chi connectivity index (χ4n) is 6.56. The first kappa shape index (κ1) is 46.7. The molecule has 3 fully saturated rings. The lowest BCUT2D eigenvalue weighted by molar-refractivity contribution is -0.123. The number of nitrogens with zero attached hydrogens (tertiary/aromatic N) is 6. The molecule has 18 heteroatoms. The van der Waals surface area contributed by atoms with Crippen LogP contribution in [0.1, 0.15) is 66.7 Å². The quantitative estimate of drug-likeness (QED) is 0.0733. The van der Waals surface area contributed by atoms with E-state index in [0.717, 1.165) is 48.8 Å². The molecule has 1 saturated heterocycles. The number of thiocarbonyl (C=S) groups is 2. The van der Waals surface area contributed by atoms with E-state index in [1.807, 2.05) is 0 Å². The molecule has 3 N–H and O–H groups in total. The minimum absolute atomic E-state index is 0. The molecule has 2 aliphatic carbocycles. The summed E-state index contributed by atoms with van der Waals surface area (Å²) < 4.78 is 55.9. The first-order valence-electron chi connectivity index (χ1n) is 18.0. The number of hydrogen-bond donors (Lipinski definition) is 3. The van der Waals surface area contributed by atoms with Crippen molar-refractivity contribution in [3.63, 3.8) is 0 Å². The van der Waals surface area contributed by atoms with Crippen LogP contribution in [0.3, 0.4) is 0 Å². The maximum Gasteiger partial charge on any atom is 0.305 e. The summed E-state index contributed by atoms with van der Waals surface area (Å²) in [6, 6.07) is 16.1. The van der Waals surface area contributed by atoms with Crippen LogP contribution in [0.15, 0.2) is 77.8 Å². The summed E-state index contributed by atoms with van der Waals surface area (Å²) in [6.07, 6.45) is 4.31. The summed E-state index contributed by atoms with van der Waals surface area (Å²) in [4.78, 5) is 52.4. The van der Waals surface area contributed by atoms with Gasteiger partial charge in [0.1, 0.15) is 34.5 Å². The van der Waals surface area contributed by atoms with Crippen molar-refractivity contribution in [1.29, 1.82) is 0 Å². The first-order valence-corrected chi connectivity index (χ1v) is 18.8. The maximum atomic E-state index is 14.7. The molecule has 7 rings (SSSR count). The molecule has 0 atom stereocenters. The fourth-order valence-corrected chi connectivity index (χ4v) is 7.12. The Labute approximate surface area is 360 Å². The highest BCUT2D eigenvalue weighted by Crippen LogP contribution is 2.48. The van der Waals surface area contributed by atoms with Crippen LogP contribution in [0, 0.1) is 43.0 Å². The van der Waals surface area contributed by atoms with Crippen LogP contribution in [-0.2, 0) is 4.79 Å². The number of anilines is 3. The standard InChI is InChI=1S/C21H16F2N4O2S.C13H14FN3O.C8H3FN2S.CH4/c1-24-12-4-7-17(16(23)10-12)26-19(29)21(8-3-9-21)27(20(26)30)13-5-6-14(15(22)11-13)18(28)25-2;1-15-12(18)10-5-4-9(8-11(10)14)17-13(16-2)6-3-7-13;1-10-6-2-3-8(11-5-12)7(9)4-6;/h4-7,10-11H,3,8-9H2,2H3,(H,25,28);4-5,8,17H,3,6-7H2,1H3,(H,15,18);2-4H;1H4. The van der Waals surface area contributed by atoms with Crippen molar-refractivity contribution in [1.82, 2.24) is 10.6 Å². The molecule has 1 aliphatic heterocycles. The van der Waals surface area contributed by atoms with Gasteiger partial charge in [-0.3, -0.25) is 24.1 Å². The minimum Gasteiger partial charge on any atom is -0.355 e. The minimum atomic E-state index is -1.01. The molecular formula is C43H37F4N9O3S2. The van der Waals surface area contributed by atoms with E-state index in [1.54, 1.807) is 11.0 Å². The van der Waals surface area contributed by atoms with Crippen molar-refractivity contribution in [2.75, 3.05) is 29.2 Å². The highest BCUT2D eigenvalue weighted by molar-refractivity contribution is 7.81. The van der Waals surface area contributed by atoms with E-state index in [-0.39, 0.29) is 52.3 Å². The number of carbonyl (C=O) groups is 3. The average Bonchev–Trinajstić information content (AvgIpc) is 3.45. The Morgan fingerprint density at radius 2 is 1.33 bits per heavy atom. The molecular weight excluding hydrogens is 831 g/mol. The van der Waals surface area contributed by atoms with Crippen molar-refractivity contribution >= 4 is 86.6 Å². The smallest absolute Gasteiger partial charge is 0.305 e. The summed E-state index contributed by atoms with van der Waals surface area (Å²) in [5.41, 5.74) is -0.441. The number of aliphatic imine (C=N–C) groups is 1. The number of carbonyl (C=O) groups excluding carboxylic acids is 3. The highest BCUT2D eigenvalue weighted by Gasteiger charge is 2.60. The zero-order valence-corrected chi connectivity index (χ0v) is 33.5. The van der Waals surface area contributed by atoms with E-state index < -0.39 is 46.3 Å². The summed E-state index contributed by atoms with van der Waals surface area (Å²) in [5.74, 6) is -4.04. The summed E-state index contributed by atoms with van der Waals surface area (Å²) in [7, 11) is 2.86. The molecule has 0 unspecified atom stereocenters. The number of rotatable bonds is 7. The maximum absolute atomic E-state index is 14.7. The second-order valence-corrected chi connectivity index (χ2v) is 14.0. The van der Waals surface area contributed by atoms with Crippen LogP contribution < -0.4 is 25.8 Å². The third-order valence-corrected chi connectivity index (χ3v) is 10.5. The predicted molar refractivity (Wildman–Crippen MR) is 232 cm³/mol. The van der Waals surface area contributed by atoms with Gasteiger partial charge < -0.3 is 20.9 Å². The third-order valence-electron chi connectivity index (χ3n) is 10.0. The highest BCUT2D eigenvalue weighted by atomic mass is 32.1. The Kier molecular flexibility index (Phi) is 15.2. The number of halogens is 4. The molecule has 0 radical (unpaired) electrons. The molecule has 61 heavy (non-hydrogen) atoms. The predicted octanol–water partition coefficient (Wildman–Crippen LogP) is 10.1. The summed E-state index contributed by atoms with van der Waals surface area (Å²) in [5, 5.41) is 9.86. The Morgan fingerprint density at radius 1 is 0.770 bits per heavy atom. The lowest BCUT2D eigenvalue weighted by atomic mass is 9.75. The molecule has 12 nitrogen and oxygen atoms in total. The lowest BCUT2D eigenvalue weighted by Crippen LogP contribution is -2.55. The second kappa shape index (κ2) is 19.8. The van der Waals surface area contributed by atoms with E-state index in [1.165, 1.54) is 62.6 Å². The number of amides is 3. The summed E-state index contributed by atoms with van der Waals surface area (Å²) >= 11 is 9.84. The van der Waals surface area contributed by atoms with Gasteiger partial charge in [-0.25, -0.2) is 33.8 Å². The normalized spacial score (nSPS) is 14.9. The van der Waals surface area contributed by atoms with E-state index >= 15 is 0 Å². The molecule has 0 bridgehead atoms. The van der Waals surface area contributed by atoms with Crippen molar-refractivity contribution in [3.8, 4) is 0 Å². The Balaban J connectivity index is 0.000000224. The van der Waals surface area contributed by atoms with Gasteiger partial charge in [-0.05, 0) is 111 Å². The Bertz CT molecular complexity index is 2570. The molecule has 3 amide bonds. The SMILES string of the molecule is C.[C-]#[N+]C1(Nc2ccc(C(=O)NC)c(F)c2)CCC1.[C-]#[N+]c1ccc(N2C(=O)C3(CCC3)N(c3ccc(C(=O)NC)c(F)c3)C2=S)c(F)c1.[C-]#[N+]c1ccc(N=C=S)c(F)c1. The molecule has 2 saturated carbocycles. The van der Waals surface area contributed by atoms with Gasteiger partial charge in [0.05, 0.1) is 35.1 Å². The van der Waals surface area contributed by atoms with Crippen molar-refractivity contribution in [2.45, 2.75) is 57.2 Å². The van der Waals surface area contributed by atoms with Crippen molar-refractivity contribution in [2.24, 2.45) is 4.99 Å². The van der Waals surface area contributed by atoms with Crippen molar-refractivity contribution in [3.05, 3.63) is 141 Å². The molecule has 1 heterocycles. The van der Waals surface area contributed by atoms with Crippen LogP contribution in [0.25, 0.3) is 14.5 Å². The van der Waals surface area contributed by atoms with Gasteiger partial charge >= 0.3 is 5.66 Å². The molecule has 4 aromatic carbocycles. The van der Waals surface area contributed by atoms with E-state index in [9.17, 15) is 31.9 Å². The van der Waals surface area contributed by atoms with E-state index in [4.69, 9.17) is 31.9 Å². The lowest BCUT2D eigenvalue weighted by Gasteiger charge is -2.43. The number of hydrogen-bond acceptors (Lipinski definition) is 7. The zero-order valence-electron chi connectivity index (χ0n) is 31.9. The monoisotopic (exact) mass is 867 g/mol. The summed E-state index contributed by atoms with van der Waals surface area (Å²) in [6.45, 7) is 20.8. The van der Waals surface area contributed by atoms with Crippen LogP contribution in [-0.4, -0.2) is 53.3 Å². The average molecular weight is 868 g/mol. The molecule has 1 spiro atoms. The van der Waals surface area contributed by atoms with Gasteiger partial charge in [0.15, 0.2) is 16.5 Å². The van der Waals surface area contributed by atoms with Crippen LogP contribution >= 0.6 is 24.4 Å².